The molecule has 0 unspecified atom stereocenters. The highest BCUT2D eigenvalue weighted by Crippen LogP contribution is 1.95. The van der Waals surface area contributed by atoms with E-state index in [1.54, 1.807) is 0 Å². The number of carbonyl (C=O) groups excluding carboxylic acids is 1. The van der Waals surface area contributed by atoms with Crippen LogP contribution in [-0.4, -0.2) is 12.6 Å². The average molecular weight is 153 g/mol. The molecular weight excluding hydrogens is 142 g/mol. The highest BCUT2D eigenvalue weighted by atomic mass is 16.5. The third kappa shape index (κ3) is 6.59. The molecule has 0 fully saturated rings. The van der Waals surface area contributed by atoms with Crippen LogP contribution in [0.5, 0.6) is 0 Å². The first kappa shape index (κ1) is 9.70. The summed E-state index contributed by atoms with van der Waals surface area (Å²) in [5.74, 6) is -0.264. The maximum Gasteiger partial charge on any atom is 0.306 e. The van der Waals surface area contributed by atoms with E-state index in [-0.39, 0.29) is 12.6 Å². The number of hydrogen-bond donors (Lipinski definition) is 0. The standard InChI is InChI=1S/C8H11NO2/c1-2-7-11-8(10)5-3-4-6-9/h2H,1,3-5,7H2. The quantitative estimate of drug-likeness (QED) is 0.341. The summed E-state index contributed by atoms with van der Waals surface area (Å²) in [6.45, 7) is 3.65. The summed E-state index contributed by atoms with van der Waals surface area (Å²) in [6.07, 6.45) is 2.82. The lowest BCUT2D eigenvalue weighted by molar-refractivity contribution is -0.142. The van der Waals surface area contributed by atoms with Crippen molar-refractivity contribution in [2.24, 2.45) is 0 Å². The van der Waals surface area contributed by atoms with Crippen molar-refractivity contribution in [3.8, 4) is 6.07 Å². The van der Waals surface area contributed by atoms with Crippen molar-refractivity contribution in [2.45, 2.75) is 19.3 Å². The molecule has 0 aliphatic heterocycles. The fourth-order valence-corrected chi connectivity index (χ4v) is 0.536. The van der Waals surface area contributed by atoms with Gasteiger partial charge in [0.05, 0.1) is 6.07 Å². The van der Waals surface area contributed by atoms with Gasteiger partial charge >= 0.3 is 5.97 Å². The summed E-state index contributed by atoms with van der Waals surface area (Å²) in [5, 5.41) is 8.14. The van der Waals surface area contributed by atoms with Gasteiger partial charge in [-0.05, 0) is 6.42 Å². The molecule has 0 atom stereocenters. The highest BCUT2D eigenvalue weighted by molar-refractivity contribution is 5.69. The van der Waals surface area contributed by atoms with Crippen LogP contribution in [0.3, 0.4) is 0 Å². The van der Waals surface area contributed by atoms with Gasteiger partial charge in [-0.2, -0.15) is 5.26 Å². The Bertz CT molecular complexity index is 169. The van der Waals surface area contributed by atoms with Gasteiger partial charge in [-0.15, -0.1) is 0 Å². The molecule has 3 heteroatoms. The molecule has 60 valence electrons. The minimum absolute atomic E-state index is 0.255. The fourth-order valence-electron chi connectivity index (χ4n) is 0.536. The number of rotatable bonds is 5. The van der Waals surface area contributed by atoms with Crippen LogP contribution in [0, 0.1) is 11.3 Å². The first-order valence-electron chi connectivity index (χ1n) is 3.44. The SMILES string of the molecule is C=CCOC(=O)CCCC#N. The van der Waals surface area contributed by atoms with E-state index in [2.05, 4.69) is 11.3 Å². The van der Waals surface area contributed by atoms with Crippen molar-refractivity contribution in [1.82, 2.24) is 0 Å². The molecule has 0 aromatic carbocycles. The van der Waals surface area contributed by atoms with Crippen LogP contribution in [0.1, 0.15) is 19.3 Å². The van der Waals surface area contributed by atoms with Gasteiger partial charge < -0.3 is 4.74 Å². The number of nitrogens with zero attached hydrogens (tertiary/aromatic N) is 1. The van der Waals surface area contributed by atoms with Crippen molar-refractivity contribution in [3.05, 3.63) is 12.7 Å². The van der Waals surface area contributed by atoms with Crippen LogP contribution in [0.25, 0.3) is 0 Å². The second kappa shape index (κ2) is 6.81. The summed E-state index contributed by atoms with van der Waals surface area (Å²) in [4.78, 5) is 10.7. The average Bonchev–Trinajstić information content (AvgIpc) is 2.01. The Morgan fingerprint density at radius 1 is 1.73 bits per heavy atom. The number of nitriles is 1. The number of hydrogen-bond acceptors (Lipinski definition) is 3. The van der Waals surface area contributed by atoms with E-state index in [0.29, 0.717) is 19.3 Å². The molecule has 0 aromatic heterocycles. The lowest BCUT2D eigenvalue weighted by atomic mass is 10.2. The molecule has 0 saturated carbocycles. The van der Waals surface area contributed by atoms with Gasteiger partial charge in [-0.3, -0.25) is 4.79 Å². The number of unbranched alkanes of at least 4 members (excludes halogenated alkanes) is 1. The van der Waals surface area contributed by atoms with E-state index >= 15 is 0 Å². The van der Waals surface area contributed by atoms with Crippen molar-refractivity contribution in [3.63, 3.8) is 0 Å². The van der Waals surface area contributed by atoms with E-state index in [4.69, 9.17) is 5.26 Å². The fraction of sp³-hybridized carbons (Fsp3) is 0.500. The molecule has 0 amide bonds. The molecule has 0 bridgehead atoms. The zero-order chi connectivity index (χ0) is 8.53. The third-order valence-corrected chi connectivity index (χ3v) is 1.03. The van der Waals surface area contributed by atoms with Crippen LogP contribution in [0.2, 0.25) is 0 Å². The van der Waals surface area contributed by atoms with Crippen LogP contribution < -0.4 is 0 Å². The monoisotopic (exact) mass is 153 g/mol. The maximum atomic E-state index is 10.7. The first-order chi connectivity index (χ1) is 5.31. The number of ether oxygens (including phenoxy) is 1. The van der Waals surface area contributed by atoms with E-state index in [0.717, 1.165) is 0 Å². The zero-order valence-corrected chi connectivity index (χ0v) is 6.38. The Kier molecular flexibility index (Phi) is 6.01. The molecule has 0 aliphatic rings. The van der Waals surface area contributed by atoms with Gasteiger partial charge in [0.25, 0.3) is 0 Å². The van der Waals surface area contributed by atoms with E-state index in [9.17, 15) is 4.79 Å². The minimum Gasteiger partial charge on any atom is -0.461 e. The van der Waals surface area contributed by atoms with Gasteiger partial charge in [0, 0.05) is 12.8 Å². The van der Waals surface area contributed by atoms with Crippen LogP contribution in [0.4, 0.5) is 0 Å². The Morgan fingerprint density at radius 2 is 2.45 bits per heavy atom. The lowest BCUT2D eigenvalue weighted by Gasteiger charge is -1.98. The van der Waals surface area contributed by atoms with Gasteiger partial charge in [0.15, 0.2) is 0 Å². The molecule has 0 aliphatic carbocycles. The Balaban J connectivity index is 3.24. The van der Waals surface area contributed by atoms with Crippen molar-refractivity contribution in [2.75, 3.05) is 6.61 Å². The molecule has 0 rings (SSSR count). The molecule has 0 heterocycles. The van der Waals surface area contributed by atoms with Gasteiger partial charge in [0.1, 0.15) is 6.61 Å². The summed E-state index contributed by atoms with van der Waals surface area (Å²) in [5.41, 5.74) is 0. The topological polar surface area (TPSA) is 50.1 Å². The number of esters is 1. The zero-order valence-electron chi connectivity index (χ0n) is 6.38. The molecule has 0 saturated heterocycles. The van der Waals surface area contributed by atoms with Crippen molar-refractivity contribution < 1.29 is 9.53 Å². The van der Waals surface area contributed by atoms with Crippen LogP contribution in [-0.2, 0) is 9.53 Å². The largest absolute Gasteiger partial charge is 0.461 e. The Morgan fingerprint density at radius 3 is 3.00 bits per heavy atom. The Labute approximate surface area is 66.3 Å². The second-order valence-electron chi connectivity index (χ2n) is 1.98. The molecule has 3 nitrogen and oxygen atoms in total. The minimum atomic E-state index is -0.264. The smallest absolute Gasteiger partial charge is 0.306 e. The lowest BCUT2D eigenvalue weighted by Crippen LogP contribution is -2.03. The van der Waals surface area contributed by atoms with E-state index in [1.165, 1.54) is 6.08 Å². The molecule has 0 aromatic rings. The van der Waals surface area contributed by atoms with Gasteiger partial charge in [-0.25, -0.2) is 0 Å². The third-order valence-electron chi connectivity index (χ3n) is 1.03. The Hall–Kier alpha value is -1.30. The molecule has 0 N–H and O–H groups in total. The van der Waals surface area contributed by atoms with Crippen molar-refractivity contribution >= 4 is 5.97 Å². The van der Waals surface area contributed by atoms with E-state index in [1.807, 2.05) is 6.07 Å². The van der Waals surface area contributed by atoms with Crippen molar-refractivity contribution in [1.29, 1.82) is 5.26 Å². The first-order valence-corrected chi connectivity index (χ1v) is 3.44. The molecule has 0 radical (unpaired) electrons. The van der Waals surface area contributed by atoms with Crippen LogP contribution >= 0.6 is 0 Å². The predicted molar refractivity (Wildman–Crippen MR) is 40.6 cm³/mol. The normalized spacial score (nSPS) is 8.27. The maximum absolute atomic E-state index is 10.7. The summed E-state index contributed by atoms with van der Waals surface area (Å²) >= 11 is 0. The summed E-state index contributed by atoms with van der Waals surface area (Å²) in [6, 6.07) is 1.95. The molecule has 0 spiro atoms. The summed E-state index contributed by atoms with van der Waals surface area (Å²) in [7, 11) is 0. The second-order valence-corrected chi connectivity index (χ2v) is 1.98. The number of carbonyl (C=O) groups is 1. The van der Waals surface area contributed by atoms with E-state index < -0.39 is 0 Å². The molecule has 11 heavy (non-hydrogen) atoms. The van der Waals surface area contributed by atoms with Gasteiger partial charge in [0.2, 0.25) is 0 Å². The van der Waals surface area contributed by atoms with Gasteiger partial charge in [-0.1, -0.05) is 12.7 Å². The molecular formula is C8H11NO2. The highest BCUT2D eigenvalue weighted by Gasteiger charge is 1.99. The predicted octanol–water partition coefficient (Wildman–Crippen LogP) is 1.41. The summed E-state index contributed by atoms with van der Waals surface area (Å²) < 4.78 is 4.67. The van der Waals surface area contributed by atoms with Crippen LogP contribution in [0.15, 0.2) is 12.7 Å².